The molecule has 1 heterocycles. The fourth-order valence-corrected chi connectivity index (χ4v) is 2.26. The third kappa shape index (κ3) is 5.08. The van der Waals surface area contributed by atoms with Crippen LogP contribution in [-0.4, -0.2) is 36.3 Å². The molecule has 14 heavy (non-hydrogen) atoms. The Morgan fingerprint density at radius 1 is 1.57 bits per heavy atom. The number of ether oxygens (including phenoxy) is 2. The number of thioether (sulfide) groups is 1. The van der Waals surface area contributed by atoms with E-state index in [2.05, 4.69) is 0 Å². The van der Waals surface area contributed by atoms with Crippen LogP contribution in [0.15, 0.2) is 0 Å². The molecular weight excluding hydrogens is 224 g/mol. The summed E-state index contributed by atoms with van der Waals surface area (Å²) in [4.78, 5) is 11.1. The molecule has 1 atom stereocenters. The highest BCUT2D eigenvalue weighted by Crippen LogP contribution is 2.18. The molecule has 0 aromatic rings. The first-order valence-electron chi connectivity index (χ1n) is 4.77. The Hall–Kier alpha value is 0.0700. The summed E-state index contributed by atoms with van der Waals surface area (Å²) in [6.07, 6.45) is 2.49. The quantitative estimate of drug-likeness (QED) is 0.557. The van der Waals surface area contributed by atoms with Gasteiger partial charge in [0.25, 0.3) is 0 Å². The average molecular weight is 239 g/mol. The van der Waals surface area contributed by atoms with Gasteiger partial charge in [-0.2, -0.15) is 0 Å². The van der Waals surface area contributed by atoms with Crippen molar-refractivity contribution in [1.29, 1.82) is 0 Å². The molecule has 1 fully saturated rings. The lowest BCUT2D eigenvalue weighted by Gasteiger charge is -2.19. The number of hydrogen-bond acceptors (Lipinski definition) is 4. The summed E-state index contributed by atoms with van der Waals surface area (Å²) in [6.45, 7) is 1.27. The predicted molar refractivity (Wildman–Crippen MR) is 57.7 cm³/mol. The molecule has 0 spiro atoms. The number of carbonyl (C=O) groups is 1. The average Bonchev–Trinajstić information content (AvgIpc) is 2.10. The van der Waals surface area contributed by atoms with Crippen molar-refractivity contribution in [2.75, 3.05) is 24.8 Å². The van der Waals surface area contributed by atoms with Gasteiger partial charge in [-0.05, 0) is 18.6 Å². The third-order valence-electron chi connectivity index (χ3n) is 1.80. The van der Waals surface area contributed by atoms with Crippen molar-refractivity contribution in [1.82, 2.24) is 0 Å². The molecule has 0 N–H and O–H groups in total. The van der Waals surface area contributed by atoms with Crippen LogP contribution in [0.25, 0.3) is 0 Å². The summed E-state index contributed by atoms with van der Waals surface area (Å²) >= 11 is 7.07. The fourth-order valence-electron chi connectivity index (χ4n) is 1.10. The van der Waals surface area contributed by atoms with E-state index >= 15 is 0 Å². The van der Waals surface area contributed by atoms with Crippen LogP contribution in [-0.2, 0) is 14.3 Å². The summed E-state index contributed by atoms with van der Waals surface area (Å²) < 4.78 is 10.5. The van der Waals surface area contributed by atoms with Gasteiger partial charge < -0.3 is 9.47 Å². The fraction of sp³-hybridized carbons (Fsp3) is 0.889. The zero-order chi connectivity index (χ0) is 10.2. The Labute approximate surface area is 93.5 Å². The van der Waals surface area contributed by atoms with Gasteiger partial charge in [-0.15, -0.1) is 23.4 Å². The first-order chi connectivity index (χ1) is 6.83. The van der Waals surface area contributed by atoms with E-state index in [9.17, 15) is 4.79 Å². The van der Waals surface area contributed by atoms with Gasteiger partial charge in [-0.3, -0.25) is 4.79 Å². The zero-order valence-corrected chi connectivity index (χ0v) is 9.61. The molecule has 0 aromatic carbocycles. The van der Waals surface area contributed by atoms with Crippen LogP contribution in [0, 0.1) is 0 Å². The SMILES string of the molecule is O=C(CCCl)OC1COCCCCS1. The number of esters is 1. The van der Waals surface area contributed by atoms with Gasteiger partial charge in [0.15, 0.2) is 5.44 Å². The number of rotatable bonds is 3. The van der Waals surface area contributed by atoms with Crippen molar-refractivity contribution in [2.45, 2.75) is 24.7 Å². The summed E-state index contributed by atoms with van der Waals surface area (Å²) in [7, 11) is 0. The van der Waals surface area contributed by atoms with Crippen molar-refractivity contribution in [3.05, 3.63) is 0 Å². The highest BCUT2D eigenvalue weighted by atomic mass is 35.5. The lowest BCUT2D eigenvalue weighted by Crippen LogP contribution is -2.23. The van der Waals surface area contributed by atoms with Crippen LogP contribution in [0.1, 0.15) is 19.3 Å². The van der Waals surface area contributed by atoms with E-state index in [-0.39, 0.29) is 17.8 Å². The molecule has 0 saturated carbocycles. The molecule has 0 bridgehead atoms. The Bertz CT molecular complexity index is 169. The lowest BCUT2D eigenvalue weighted by molar-refractivity contribution is -0.146. The molecule has 5 heteroatoms. The number of hydrogen-bond donors (Lipinski definition) is 0. The molecule has 1 saturated heterocycles. The maximum absolute atomic E-state index is 11.1. The van der Waals surface area contributed by atoms with Crippen LogP contribution in [0.3, 0.4) is 0 Å². The van der Waals surface area contributed by atoms with Crippen molar-refractivity contribution in [3.8, 4) is 0 Å². The smallest absolute Gasteiger partial charge is 0.308 e. The van der Waals surface area contributed by atoms with Crippen molar-refractivity contribution in [3.63, 3.8) is 0 Å². The van der Waals surface area contributed by atoms with Crippen LogP contribution in [0.4, 0.5) is 0 Å². The Morgan fingerprint density at radius 3 is 3.21 bits per heavy atom. The molecule has 1 rings (SSSR count). The molecule has 0 radical (unpaired) electrons. The topological polar surface area (TPSA) is 35.5 Å². The van der Waals surface area contributed by atoms with E-state index in [1.165, 1.54) is 0 Å². The second kappa shape index (κ2) is 7.37. The number of carbonyl (C=O) groups excluding carboxylic acids is 1. The van der Waals surface area contributed by atoms with E-state index in [1.807, 2.05) is 0 Å². The lowest BCUT2D eigenvalue weighted by atomic mass is 10.4. The van der Waals surface area contributed by atoms with E-state index in [4.69, 9.17) is 21.1 Å². The van der Waals surface area contributed by atoms with Crippen LogP contribution in [0.2, 0.25) is 0 Å². The van der Waals surface area contributed by atoms with Gasteiger partial charge in [0, 0.05) is 12.5 Å². The molecule has 3 nitrogen and oxygen atoms in total. The molecular formula is C9H15ClO3S. The Balaban J connectivity index is 2.22. The monoisotopic (exact) mass is 238 g/mol. The van der Waals surface area contributed by atoms with Gasteiger partial charge in [-0.1, -0.05) is 0 Å². The summed E-state index contributed by atoms with van der Waals surface area (Å²) in [5.41, 5.74) is -0.147. The summed E-state index contributed by atoms with van der Waals surface area (Å²) in [6, 6.07) is 0. The molecule has 0 aliphatic carbocycles. The van der Waals surface area contributed by atoms with E-state index in [0.29, 0.717) is 12.5 Å². The van der Waals surface area contributed by atoms with Crippen LogP contribution in [0.5, 0.6) is 0 Å². The van der Waals surface area contributed by atoms with Crippen LogP contribution < -0.4 is 0 Å². The first-order valence-corrected chi connectivity index (χ1v) is 6.36. The minimum atomic E-state index is -0.235. The predicted octanol–water partition coefficient (Wildman–Crippen LogP) is 2.03. The van der Waals surface area contributed by atoms with Crippen molar-refractivity contribution in [2.24, 2.45) is 0 Å². The minimum absolute atomic E-state index is 0.147. The molecule has 1 aliphatic rings. The highest BCUT2D eigenvalue weighted by molar-refractivity contribution is 7.99. The molecule has 1 aliphatic heterocycles. The third-order valence-corrected chi connectivity index (χ3v) is 3.12. The van der Waals surface area contributed by atoms with Gasteiger partial charge in [-0.25, -0.2) is 0 Å². The van der Waals surface area contributed by atoms with Gasteiger partial charge in [0.05, 0.1) is 13.0 Å². The Morgan fingerprint density at radius 2 is 2.43 bits per heavy atom. The van der Waals surface area contributed by atoms with E-state index < -0.39 is 0 Å². The maximum Gasteiger partial charge on any atom is 0.308 e. The van der Waals surface area contributed by atoms with E-state index in [1.54, 1.807) is 11.8 Å². The minimum Gasteiger partial charge on any atom is -0.449 e. The Kier molecular flexibility index (Phi) is 6.39. The summed E-state index contributed by atoms with van der Waals surface area (Å²) in [5.74, 6) is 1.11. The van der Waals surface area contributed by atoms with Gasteiger partial charge in [0.1, 0.15) is 0 Å². The van der Waals surface area contributed by atoms with E-state index in [0.717, 1.165) is 25.2 Å². The molecule has 0 amide bonds. The second-order valence-electron chi connectivity index (χ2n) is 3.01. The normalized spacial score (nSPS) is 23.6. The highest BCUT2D eigenvalue weighted by Gasteiger charge is 2.16. The number of alkyl halides is 1. The van der Waals surface area contributed by atoms with Gasteiger partial charge >= 0.3 is 5.97 Å². The number of halogens is 1. The van der Waals surface area contributed by atoms with Gasteiger partial charge in [0.2, 0.25) is 0 Å². The largest absolute Gasteiger partial charge is 0.449 e. The van der Waals surface area contributed by atoms with Crippen molar-refractivity contribution < 1.29 is 14.3 Å². The first kappa shape index (κ1) is 12.1. The maximum atomic E-state index is 11.1. The summed E-state index contributed by atoms with van der Waals surface area (Å²) in [5, 5.41) is 0. The van der Waals surface area contributed by atoms with Crippen molar-refractivity contribution >= 4 is 29.3 Å². The molecule has 0 aromatic heterocycles. The second-order valence-corrected chi connectivity index (χ2v) is 4.66. The molecule has 1 unspecified atom stereocenters. The van der Waals surface area contributed by atoms with Crippen LogP contribution >= 0.6 is 23.4 Å². The standard InChI is InChI=1S/C9H15ClO3S/c10-4-3-8(11)13-9-7-12-5-1-2-6-14-9/h9H,1-7H2. The molecule has 82 valence electrons. The zero-order valence-electron chi connectivity index (χ0n) is 8.04.